The van der Waals surface area contributed by atoms with Crippen LogP contribution in [0.4, 0.5) is 0 Å². The molecule has 0 aliphatic heterocycles. The molecule has 0 N–H and O–H groups in total. The number of rotatable bonds is 3. The fraction of sp³-hybridized carbons (Fsp3) is 0.111. The van der Waals surface area contributed by atoms with E-state index in [9.17, 15) is 8.42 Å². The first kappa shape index (κ1) is 14.6. The van der Waals surface area contributed by atoms with Crippen molar-refractivity contribution in [3.63, 3.8) is 0 Å². The maximum absolute atomic E-state index is 11.8. The second-order valence-electron chi connectivity index (χ2n) is 5.16. The summed E-state index contributed by atoms with van der Waals surface area (Å²) in [5.41, 5.74) is 1.86. The topological polar surface area (TPSA) is 43.4 Å². The normalized spacial score (nSPS) is 11.5. The van der Waals surface area contributed by atoms with Gasteiger partial charge in [0.15, 0.2) is 9.84 Å². The van der Waals surface area contributed by atoms with E-state index in [1.165, 1.54) is 6.26 Å². The van der Waals surface area contributed by atoms with E-state index >= 15 is 0 Å². The van der Waals surface area contributed by atoms with E-state index in [1.807, 2.05) is 42.5 Å². The first-order chi connectivity index (χ1) is 10.5. The van der Waals surface area contributed by atoms with Gasteiger partial charge in [-0.25, -0.2) is 8.42 Å². The molecular weight excluding hydrogens is 296 g/mol. The van der Waals surface area contributed by atoms with Gasteiger partial charge in [0, 0.05) is 11.6 Å². The minimum atomic E-state index is -3.22. The van der Waals surface area contributed by atoms with Gasteiger partial charge in [-0.15, -0.1) is 0 Å². The Morgan fingerprint density at radius 3 is 2.27 bits per heavy atom. The highest BCUT2D eigenvalue weighted by atomic mass is 32.2. The Morgan fingerprint density at radius 1 is 0.864 bits per heavy atom. The standard InChI is InChI=1S/C18H16O3S/c1-21-18-11-10-15(16-8-3-4-9-17(16)18)13-6-5-7-14(12-13)22(2,19)20/h3-12H,1-2H3. The van der Waals surface area contributed by atoms with Crippen molar-refractivity contribution in [2.45, 2.75) is 4.90 Å². The number of hydrogen-bond donors (Lipinski definition) is 0. The van der Waals surface area contributed by atoms with Crippen LogP contribution >= 0.6 is 0 Å². The lowest BCUT2D eigenvalue weighted by molar-refractivity contribution is 0.420. The van der Waals surface area contributed by atoms with Crippen LogP contribution in [0.1, 0.15) is 0 Å². The molecular formula is C18H16O3S. The van der Waals surface area contributed by atoms with Crippen LogP contribution < -0.4 is 4.74 Å². The molecule has 0 heterocycles. The predicted octanol–water partition coefficient (Wildman–Crippen LogP) is 3.92. The van der Waals surface area contributed by atoms with E-state index < -0.39 is 9.84 Å². The molecule has 22 heavy (non-hydrogen) atoms. The van der Waals surface area contributed by atoms with Crippen LogP contribution in [0.25, 0.3) is 21.9 Å². The first-order valence-electron chi connectivity index (χ1n) is 6.87. The van der Waals surface area contributed by atoms with Crippen LogP contribution in [-0.4, -0.2) is 21.8 Å². The first-order valence-corrected chi connectivity index (χ1v) is 8.76. The van der Waals surface area contributed by atoms with Crippen molar-refractivity contribution in [3.05, 3.63) is 60.7 Å². The number of fused-ring (bicyclic) bond motifs is 1. The van der Waals surface area contributed by atoms with Gasteiger partial charge in [0.1, 0.15) is 5.75 Å². The third kappa shape index (κ3) is 2.57. The van der Waals surface area contributed by atoms with E-state index in [2.05, 4.69) is 0 Å². The molecule has 0 saturated carbocycles. The quantitative estimate of drug-likeness (QED) is 0.736. The summed E-state index contributed by atoms with van der Waals surface area (Å²) >= 11 is 0. The van der Waals surface area contributed by atoms with Crippen molar-refractivity contribution in [1.82, 2.24) is 0 Å². The third-order valence-electron chi connectivity index (χ3n) is 3.68. The van der Waals surface area contributed by atoms with Gasteiger partial charge in [-0.3, -0.25) is 0 Å². The highest BCUT2D eigenvalue weighted by molar-refractivity contribution is 7.90. The Kier molecular flexibility index (Phi) is 3.62. The Balaban J connectivity index is 2.28. The molecule has 3 aromatic carbocycles. The Bertz CT molecular complexity index is 943. The van der Waals surface area contributed by atoms with Gasteiger partial charge in [0.25, 0.3) is 0 Å². The van der Waals surface area contributed by atoms with Crippen LogP contribution in [-0.2, 0) is 9.84 Å². The maximum atomic E-state index is 11.8. The molecule has 0 atom stereocenters. The average Bonchev–Trinajstić information content (AvgIpc) is 2.53. The summed E-state index contributed by atoms with van der Waals surface area (Å²) in [6.45, 7) is 0. The number of sulfone groups is 1. The highest BCUT2D eigenvalue weighted by Gasteiger charge is 2.11. The van der Waals surface area contributed by atoms with E-state index in [1.54, 1.807) is 25.3 Å². The smallest absolute Gasteiger partial charge is 0.175 e. The monoisotopic (exact) mass is 312 g/mol. The Labute approximate surface area is 130 Å². The number of methoxy groups -OCH3 is 1. The third-order valence-corrected chi connectivity index (χ3v) is 4.79. The predicted molar refractivity (Wildman–Crippen MR) is 89.0 cm³/mol. The maximum Gasteiger partial charge on any atom is 0.175 e. The summed E-state index contributed by atoms with van der Waals surface area (Å²) in [6, 6.07) is 18.8. The van der Waals surface area contributed by atoms with Gasteiger partial charge in [0.2, 0.25) is 0 Å². The fourth-order valence-electron chi connectivity index (χ4n) is 2.60. The SMILES string of the molecule is COc1ccc(-c2cccc(S(C)(=O)=O)c2)c2ccccc12. The van der Waals surface area contributed by atoms with Gasteiger partial charge >= 0.3 is 0 Å². The zero-order valence-corrected chi connectivity index (χ0v) is 13.2. The van der Waals surface area contributed by atoms with Crippen LogP contribution in [0.2, 0.25) is 0 Å². The van der Waals surface area contributed by atoms with E-state index in [0.29, 0.717) is 4.90 Å². The number of hydrogen-bond acceptors (Lipinski definition) is 3. The summed E-state index contributed by atoms with van der Waals surface area (Å²) in [7, 11) is -1.58. The van der Waals surface area contributed by atoms with E-state index in [-0.39, 0.29) is 0 Å². The lowest BCUT2D eigenvalue weighted by Gasteiger charge is -2.11. The van der Waals surface area contributed by atoms with Gasteiger partial charge in [-0.1, -0.05) is 42.5 Å². The molecule has 0 radical (unpaired) electrons. The Morgan fingerprint density at radius 2 is 1.59 bits per heavy atom. The molecule has 4 heteroatoms. The van der Waals surface area contributed by atoms with Gasteiger partial charge in [-0.05, 0) is 34.7 Å². The van der Waals surface area contributed by atoms with Crippen LogP contribution in [0.3, 0.4) is 0 Å². The van der Waals surface area contributed by atoms with Crippen molar-refractivity contribution in [3.8, 4) is 16.9 Å². The zero-order valence-electron chi connectivity index (χ0n) is 12.4. The fourth-order valence-corrected chi connectivity index (χ4v) is 3.26. The molecule has 3 nitrogen and oxygen atoms in total. The molecule has 0 amide bonds. The lowest BCUT2D eigenvalue weighted by atomic mass is 9.98. The molecule has 0 aromatic heterocycles. The molecule has 3 rings (SSSR count). The van der Waals surface area contributed by atoms with Crippen molar-refractivity contribution >= 4 is 20.6 Å². The number of benzene rings is 3. The second-order valence-corrected chi connectivity index (χ2v) is 7.18. The van der Waals surface area contributed by atoms with Gasteiger partial charge in [0.05, 0.1) is 12.0 Å². The van der Waals surface area contributed by atoms with Crippen LogP contribution in [0, 0.1) is 0 Å². The van der Waals surface area contributed by atoms with Crippen LogP contribution in [0.5, 0.6) is 5.75 Å². The molecule has 3 aromatic rings. The van der Waals surface area contributed by atoms with Crippen molar-refractivity contribution in [2.24, 2.45) is 0 Å². The molecule has 0 aliphatic carbocycles. The average molecular weight is 312 g/mol. The minimum Gasteiger partial charge on any atom is -0.496 e. The zero-order chi connectivity index (χ0) is 15.7. The van der Waals surface area contributed by atoms with Crippen molar-refractivity contribution < 1.29 is 13.2 Å². The molecule has 112 valence electrons. The highest BCUT2D eigenvalue weighted by Crippen LogP contribution is 2.34. The number of ether oxygens (including phenoxy) is 1. The molecule has 0 unspecified atom stereocenters. The van der Waals surface area contributed by atoms with Crippen molar-refractivity contribution in [2.75, 3.05) is 13.4 Å². The van der Waals surface area contributed by atoms with E-state index in [4.69, 9.17) is 4.74 Å². The molecule has 0 fully saturated rings. The summed E-state index contributed by atoms with van der Waals surface area (Å²) in [5, 5.41) is 2.04. The Hall–Kier alpha value is -2.33. The van der Waals surface area contributed by atoms with E-state index in [0.717, 1.165) is 27.6 Å². The second kappa shape index (κ2) is 5.46. The molecule has 0 bridgehead atoms. The molecule has 0 aliphatic rings. The summed E-state index contributed by atoms with van der Waals surface area (Å²) in [4.78, 5) is 0.324. The summed E-state index contributed by atoms with van der Waals surface area (Å²) in [6.07, 6.45) is 1.22. The summed E-state index contributed by atoms with van der Waals surface area (Å²) < 4.78 is 28.9. The minimum absolute atomic E-state index is 0.324. The van der Waals surface area contributed by atoms with Gasteiger partial charge in [-0.2, -0.15) is 0 Å². The van der Waals surface area contributed by atoms with Crippen LogP contribution in [0.15, 0.2) is 65.6 Å². The summed E-state index contributed by atoms with van der Waals surface area (Å²) in [5.74, 6) is 0.804. The molecule has 0 spiro atoms. The lowest BCUT2D eigenvalue weighted by Crippen LogP contribution is -1.97. The molecule has 0 saturated heterocycles. The van der Waals surface area contributed by atoms with Crippen molar-refractivity contribution in [1.29, 1.82) is 0 Å². The van der Waals surface area contributed by atoms with Gasteiger partial charge < -0.3 is 4.74 Å². The largest absolute Gasteiger partial charge is 0.496 e.